The van der Waals surface area contributed by atoms with Crippen molar-refractivity contribution in [3.63, 3.8) is 0 Å². The summed E-state index contributed by atoms with van der Waals surface area (Å²) in [6.07, 6.45) is 0. The molecular weight excluding hydrogens is 342 g/mol. The molecule has 0 atom stereocenters. The smallest absolute Gasteiger partial charge is 0.195 e. The number of hydrogen-bond acceptors (Lipinski definition) is 1. The Morgan fingerprint density at radius 2 is 1.78 bits per heavy atom. The lowest BCUT2D eigenvalue weighted by Crippen LogP contribution is -2.03. The minimum Gasteiger partial charge on any atom is -0.289 e. The van der Waals surface area contributed by atoms with E-state index in [1.807, 2.05) is 0 Å². The van der Waals surface area contributed by atoms with Gasteiger partial charge in [0.15, 0.2) is 5.78 Å². The molecule has 0 unspecified atom stereocenters. The second-order valence-corrected chi connectivity index (χ2v) is 5.28. The van der Waals surface area contributed by atoms with Crippen LogP contribution in [0.15, 0.2) is 40.9 Å². The topological polar surface area (TPSA) is 17.1 Å². The molecule has 0 N–H and O–H groups in total. The Morgan fingerprint density at radius 3 is 2.44 bits per heavy atom. The lowest BCUT2D eigenvalue weighted by molar-refractivity contribution is 0.103. The van der Waals surface area contributed by atoms with Crippen LogP contribution in [0.5, 0.6) is 0 Å². The fourth-order valence-corrected chi connectivity index (χ4v) is 2.56. The molecule has 5 heteroatoms. The Hall–Kier alpha value is -0.900. The van der Waals surface area contributed by atoms with Crippen LogP contribution >= 0.6 is 39.1 Å². The molecule has 0 amide bonds. The molecule has 0 spiro atoms. The van der Waals surface area contributed by atoms with Gasteiger partial charge in [0.2, 0.25) is 0 Å². The van der Waals surface area contributed by atoms with Crippen LogP contribution in [0.4, 0.5) is 4.39 Å². The van der Waals surface area contributed by atoms with Gasteiger partial charge < -0.3 is 0 Å². The van der Waals surface area contributed by atoms with Gasteiger partial charge >= 0.3 is 0 Å². The van der Waals surface area contributed by atoms with E-state index in [0.29, 0.717) is 15.1 Å². The summed E-state index contributed by atoms with van der Waals surface area (Å²) < 4.78 is 13.7. The molecule has 2 rings (SSSR count). The van der Waals surface area contributed by atoms with Crippen molar-refractivity contribution in [1.29, 1.82) is 0 Å². The highest BCUT2D eigenvalue weighted by Gasteiger charge is 2.16. The Balaban J connectivity index is 2.51. The van der Waals surface area contributed by atoms with Gasteiger partial charge in [0, 0.05) is 20.6 Å². The zero-order chi connectivity index (χ0) is 13.3. The summed E-state index contributed by atoms with van der Waals surface area (Å²) in [6.45, 7) is 0. The van der Waals surface area contributed by atoms with E-state index in [1.54, 1.807) is 18.2 Å². The summed E-state index contributed by atoms with van der Waals surface area (Å²) in [5, 5.41) is 0.715. The summed E-state index contributed by atoms with van der Waals surface area (Å²) in [6, 6.07) is 8.43. The van der Waals surface area contributed by atoms with Crippen molar-refractivity contribution in [2.24, 2.45) is 0 Å². The quantitative estimate of drug-likeness (QED) is 0.688. The first-order chi connectivity index (χ1) is 8.49. The standard InChI is InChI=1S/C13H6BrCl2FO/c14-11-5-7(15)1-3-9(11)13(18)10-6-8(17)2-4-12(10)16/h1-6H. The summed E-state index contributed by atoms with van der Waals surface area (Å²) in [5.41, 5.74) is 0.506. The molecule has 0 radical (unpaired) electrons. The van der Waals surface area contributed by atoms with Crippen molar-refractivity contribution in [3.8, 4) is 0 Å². The van der Waals surface area contributed by atoms with E-state index in [2.05, 4.69) is 15.9 Å². The molecule has 1 nitrogen and oxygen atoms in total. The van der Waals surface area contributed by atoms with Crippen molar-refractivity contribution < 1.29 is 9.18 Å². The van der Waals surface area contributed by atoms with Crippen LogP contribution in [0, 0.1) is 5.82 Å². The van der Waals surface area contributed by atoms with Gasteiger partial charge in [-0.2, -0.15) is 0 Å². The molecule has 18 heavy (non-hydrogen) atoms. The van der Waals surface area contributed by atoms with Gasteiger partial charge in [0.1, 0.15) is 5.82 Å². The summed E-state index contributed by atoms with van der Waals surface area (Å²) >= 11 is 14.9. The third-order valence-electron chi connectivity index (χ3n) is 2.35. The van der Waals surface area contributed by atoms with E-state index in [4.69, 9.17) is 23.2 Å². The number of benzene rings is 2. The van der Waals surface area contributed by atoms with Crippen LogP contribution < -0.4 is 0 Å². The van der Waals surface area contributed by atoms with Crippen LogP contribution in [-0.4, -0.2) is 5.78 Å². The van der Waals surface area contributed by atoms with E-state index in [9.17, 15) is 9.18 Å². The Labute approximate surface area is 122 Å². The Bertz CT molecular complexity index is 628. The molecule has 0 aromatic heterocycles. The van der Waals surface area contributed by atoms with Crippen molar-refractivity contribution in [3.05, 3.63) is 67.9 Å². The van der Waals surface area contributed by atoms with Gasteiger partial charge in [-0.3, -0.25) is 4.79 Å². The van der Waals surface area contributed by atoms with Crippen molar-refractivity contribution in [2.45, 2.75) is 0 Å². The Morgan fingerprint density at radius 1 is 1.06 bits per heavy atom. The van der Waals surface area contributed by atoms with Crippen LogP contribution in [0.1, 0.15) is 15.9 Å². The largest absolute Gasteiger partial charge is 0.289 e. The number of carbonyl (C=O) groups excluding carboxylic acids is 1. The second kappa shape index (κ2) is 5.39. The molecule has 0 aliphatic heterocycles. The summed E-state index contributed by atoms with van der Waals surface area (Å²) in [4.78, 5) is 12.2. The van der Waals surface area contributed by atoms with Gasteiger partial charge in [0.25, 0.3) is 0 Å². The molecule has 0 bridgehead atoms. The lowest BCUT2D eigenvalue weighted by atomic mass is 10.0. The summed E-state index contributed by atoms with van der Waals surface area (Å²) in [7, 11) is 0. The van der Waals surface area contributed by atoms with Crippen molar-refractivity contribution in [2.75, 3.05) is 0 Å². The molecule has 0 aliphatic carbocycles. The van der Waals surface area contributed by atoms with Crippen LogP contribution in [0.25, 0.3) is 0 Å². The zero-order valence-corrected chi connectivity index (χ0v) is 12.0. The van der Waals surface area contributed by atoms with E-state index in [-0.39, 0.29) is 16.4 Å². The average molecular weight is 348 g/mol. The zero-order valence-electron chi connectivity index (χ0n) is 8.88. The first kappa shape index (κ1) is 13.5. The lowest BCUT2D eigenvalue weighted by Gasteiger charge is -2.06. The molecule has 2 aromatic carbocycles. The monoisotopic (exact) mass is 346 g/mol. The SMILES string of the molecule is O=C(c1cc(F)ccc1Cl)c1ccc(Cl)cc1Br. The third kappa shape index (κ3) is 2.74. The fourth-order valence-electron chi connectivity index (χ4n) is 1.49. The average Bonchev–Trinajstić information content (AvgIpc) is 2.31. The minimum atomic E-state index is -0.507. The Kier molecular flexibility index (Phi) is 4.05. The first-order valence-electron chi connectivity index (χ1n) is 4.94. The predicted molar refractivity (Wildman–Crippen MR) is 74.0 cm³/mol. The highest BCUT2D eigenvalue weighted by atomic mass is 79.9. The maximum atomic E-state index is 13.1. The van der Waals surface area contributed by atoms with E-state index >= 15 is 0 Å². The van der Waals surface area contributed by atoms with Gasteiger partial charge in [-0.05, 0) is 52.3 Å². The maximum Gasteiger partial charge on any atom is 0.195 e. The molecule has 0 fully saturated rings. The van der Waals surface area contributed by atoms with Crippen LogP contribution in [0.2, 0.25) is 10.0 Å². The van der Waals surface area contributed by atoms with E-state index in [1.165, 1.54) is 12.1 Å². The highest BCUT2D eigenvalue weighted by Crippen LogP contribution is 2.27. The van der Waals surface area contributed by atoms with E-state index < -0.39 is 5.82 Å². The number of ketones is 1. The summed E-state index contributed by atoms with van der Waals surface area (Å²) in [5.74, 6) is -0.865. The molecule has 2 aromatic rings. The molecular formula is C13H6BrCl2FO. The number of halogens is 4. The second-order valence-electron chi connectivity index (χ2n) is 3.58. The van der Waals surface area contributed by atoms with E-state index in [0.717, 1.165) is 6.07 Å². The third-order valence-corrected chi connectivity index (χ3v) is 3.57. The first-order valence-corrected chi connectivity index (χ1v) is 6.49. The van der Waals surface area contributed by atoms with Crippen LogP contribution in [0.3, 0.4) is 0 Å². The number of rotatable bonds is 2. The predicted octanol–water partition coefficient (Wildman–Crippen LogP) is 5.13. The van der Waals surface area contributed by atoms with Gasteiger partial charge in [0.05, 0.1) is 5.02 Å². The number of carbonyl (C=O) groups is 1. The van der Waals surface area contributed by atoms with Gasteiger partial charge in [-0.1, -0.05) is 23.2 Å². The fraction of sp³-hybridized carbons (Fsp3) is 0. The van der Waals surface area contributed by atoms with Gasteiger partial charge in [-0.15, -0.1) is 0 Å². The molecule has 0 aliphatic rings. The van der Waals surface area contributed by atoms with Crippen LogP contribution in [-0.2, 0) is 0 Å². The molecule has 0 saturated carbocycles. The van der Waals surface area contributed by atoms with Gasteiger partial charge in [-0.25, -0.2) is 4.39 Å². The van der Waals surface area contributed by atoms with Crippen molar-refractivity contribution in [1.82, 2.24) is 0 Å². The maximum absolute atomic E-state index is 13.1. The molecule has 0 heterocycles. The minimum absolute atomic E-state index is 0.125. The molecule has 92 valence electrons. The number of hydrogen-bond donors (Lipinski definition) is 0. The van der Waals surface area contributed by atoms with Crippen molar-refractivity contribution >= 4 is 44.9 Å². The molecule has 0 saturated heterocycles. The normalized spacial score (nSPS) is 10.4. The highest BCUT2D eigenvalue weighted by molar-refractivity contribution is 9.10.